The van der Waals surface area contributed by atoms with Crippen molar-refractivity contribution in [1.29, 1.82) is 0 Å². The Labute approximate surface area is 98.0 Å². The summed E-state index contributed by atoms with van der Waals surface area (Å²) in [5, 5.41) is -1.76. The van der Waals surface area contributed by atoms with Gasteiger partial charge in [0, 0.05) is 0 Å². The predicted octanol–water partition coefficient (Wildman–Crippen LogP) is 4.40. The molecule has 8 heteroatoms. The largest absolute Gasteiger partial charge is 0.291 e. The van der Waals surface area contributed by atoms with Crippen LogP contribution in [0.25, 0.3) is 0 Å². The summed E-state index contributed by atoms with van der Waals surface area (Å²) in [6.07, 6.45) is 0. The zero-order valence-corrected chi connectivity index (χ0v) is 9.71. The van der Waals surface area contributed by atoms with Crippen molar-refractivity contribution in [1.82, 2.24) is 0 Å². The van der Waals surface area contributed by atoms with E-state index in [2.05, 4.69) is 0 Å². The molecule has 0 aromatic rings. The SMILES string of the molecule is FC(Cl)C(Cl)C(Cl)(Cl)C(F)(Cl)Cl. The molecule has 0 aliphatic heterocycles. The molecule has 0 spiro atoms. The van der Waals surface area contributed by atoms with Gasteiger partial charge in [0.1, 0.15) is 5.38 Å². The van der Waals surface area contributed by atoms with Crippen molar-refractivity contribution in [2.75, 3.05) is 0 Å². The van der Waals surface area contributed by atoms with E-state index in [0.717, 1.165) is 0 Å². The van der Waals surface area contributed by atoms with Gasteiger partial charge in [-0.1, -0.05) is 58.0 Å². The first-order valence-electron chi connectivity index (χ1n) is 2.47. The molecule has 0 N–H and O–H groups in total. The first-order valence-corrected chi connectivity index (χ1v) is 4.86. The summed E-state index contributed by atoms with van der Waals surface area (Å²) >= 11 is 30.3. The van der Waals surface area contributed by atoms with Crippen molar-refractivity contribution in [2.45, 2.75) is 19.9 Å². The molecule has 0 saturated heterocycles. The molecular formula is C4H2Cl6F2. The molecule has 2 unspecified atom stereocenters. The molecular weight excluding hydrogens is 299 g/mol. The van der Waals surface area contributed by atoms with Crippen LogP contribution in [0, 0.1) is 0 Å². The molecule has 0 nitrogen and oxygen atoms in total. The fourth-order valence-electron chi connectivity index (χ4n) is 0.315. The highest BCUT2D eigenvalue weighted by molar-refractivity contribution is 6.64. The summed E-state index contributed by atoms with van der Waals surface area (Å²) < 4.78 is 19.4. The van der Waals surface area contributed by atoms with E-state index in [1.165, 1.54) is 0 Å². The Hall–Kier alpha value is 1.60. The molecule has 74 valence electrons. The molecule has 0 aromatic heterocycles. The lowest BCUT2D eigenvalue weighted by Crippen LogP contribution is -2.44. The van der Waals surface area contributed by atoms with Gasteiger partial charge in [0.15, 0.2) is 5.63 Å². The van der Waals surface area contributed by atoms with Crippen LogP contribution in [0.3, 0.4) is 0 Å². The highest BCUT2D eigenvalue weighted by Crippen LogP contribution is 2.49. The molecule has 0 aliphatic carbocycles. The average molecular weight is 301 g/mol. The Balaban J connectivity index is 4.61. The average Bonchev–Trinajstić information content (AvgIpc) is 1.83. The number of halogens is 8. The van der Waals surface area contributed by atoms with E-state index < -0.39 is 19.9 Å². The fourth-order valence-corrected chi connectivity index (χ4v) is 1.35. The van der Waals surface area contributed by atoms with Crippen LogP contribution >= 0.6 is 69.6 Å². The maximum absolute atomic E-state index is 12.7. The maximum atomic E-state index is 12.7. The van der Waals surface area contributed by atoms with Gasteiger partial charge < -0.3 is 0 Å². The van der Waals surface area contributed by atoms with E-state index >= 15 is 0 Å². The zero-order chi connectivity index (χ0) is 10.2. The van der Waals surface area contributed by atoms with Crippen molar-refractivity contribution in [3.05, 3.63) is 0 Å². The van der Waals surface area contributed by atoms with Gasteiger partial charge in [0.2, 0.25) is 4.33 Å². The molecule has 2 atom stereocenters. The minimum Gasteiger partial charge on any atom is -0.228 e. The molecule has 12 heavy (non-hydrogen) atoms. The van der Waals surface area contributed by atoms with E-state index in [1.807, 2.05) is 0 Å². The molecule has 0 saturated carbocycles. The quantitative estimate of drug-likeness (QED) is 0.678. The molecule has 0 fully saturated rings. The van der Waals surface area contributed by atoms with Crippen LogP contribution in [0.15, 0.2) is 0 Å². The molecule has 0 radical (unpaired) electrons. The first-order chi connectivity index (χ1) is 5.10. The lowest BCUT2D eigenvalue weighted by Gasteiger charge is -2.29. The van der Waals surface area contributed by atoms with E-state index in [1.54, 1.807) is 0 Å². The van der Waals surface area contributed by atoms with Crippen LogP contribution in [-0.2, 0) is 0 Å². The van der Waals surface area contributed by atoms with Crippen molar-refractivity contribution in [2.24, 2.45) is 0 Å². The minimum atomic E-state index is -3.08. The van der Waals surface area contributed by atoms with Crippen LogP contribution in [0.5, 0.6) is 0 Å². The Bertz CT molecular complexity index is 152. The van der Waals surface area contributed by atoms with Gasteiger partial charge in [-0.2, -0.15) is 0 Å². The number of rotatable bonds is 3. The Morgan fingerprint density at radius 3 is 1.42 bits per heavy atom. The Morgan fingerprint density at radius 1 is 1.00 bits per heavy atom. The molecule has 0 aromatic carbocycles. The molecule has 0 amide bonds. The molecule has 0 aliphatic rings. The normalized spacial score (nSPS) is 19.0. The number of hydrogen-bond acceptors (Lipinski definition) is 0. The van der Waals surface area contributed by atoms with Crippen LogP contribution in [-0.4, -0.2) is 19.9 Å². The monoisotopic (exact) mass is 298 g/mol. The van der Waals surface area contributed by atoms with Crippen molar-refractivity contribution < 1.29 is 8.78 Å². The topological polar surface area (TPSA) is 0 Å². The summed E-state index contributed by atoms with van der Waals surface area (Å²) in [5.74, 6) is 0. The van der Waals surface area contributed by atoms with Gasteiger partial charge in [-0.3, -0.25) is 0 Å². The predicted molar refractivity (Wildman–Crippen MR) is 50.4 cm³/mol. The summed E-state index contributed by atoms with van der Waals surface area (Å²) in [4.78, 5) is 0. The lowest BCUT2D eigenvalue weighted by atomic mass is 10.3. The molecule has 0 heterocycles. The number of hydrogen-bond donors (Lipinski definition) is 0. The fraction of sp³-hybridized carbons (Fsp3) is 1.00. The van der Waals surface area contributed by atoms with Gasteiger partial charge >= 0.3 is 0 Å². The van der Waals surface area contributed by atoms with E-state index in [4.69, 9.17) is 69.6 Å². The minimum absolute atomic E-state index is 1.76. The number of alkyl halides is 8. The third-order valence-electron chi connectivity index (χ3n) is 0.946. The second-order valence-corrected chi connectivity index (χ2v) is 5.37. The van der Waals surface area contributed by atoms with E-state index in [-0.39, 0.29) is 0 Å². The second kappa shape index (κ2) is 4.41. The highest BCUT2D eigenvalue weighted by atomic mass is 35.5. The van der Waals surface area contributed by atoms with Crippen LogP contribution in [0.1, 0.15) is 0 Å². The second-order valence-electron chi connectivity index (χ2n) is 1.86. The summed E-state index contributed by atoms with van der Waals surface area (Å²) in [6, 6.07) is 0. The van der Waals surface area contributed by atoms with Crippen molar-refractivity contribution in [3.8, 4) is 0 Å². The van der Waals surface area contributed by atoms with Crippen molar-refractivity contribution in [3.63, 3.8) is 0 Å². The molecule has 0 rings (SSSR count). The zero-order valence-electron chi connectivity index (χ0n) is 5.18. The van der Waals surface area contributed by atoms with Gasteiger partial charge in [-0.25, -0.2) is 8.78 Å². The van der Waals surface area contributed by atoms with Gasteiger partial charge in [0.05, 0.1) is 0 Å². The van der Waals surface area contributed by atoms with Crippen molar-refractivity contribution >= 4 is 69.6 Å². The van der Waals surface area contributed by atoms with E-state index in [9.17, 15) is 8.78 Å². The van der Waals surface area contributed by atoms with Crippen LogP contribution in [0.2, 0.25) is 0 Å². The summed E-state index contributed by atoms with van der Waals surface area (Å²) in [5.41, 5.74) is -2.16. The summed E-state index contributed by atoms with van der Waals surface area (Å²) in [6.45, 7) is 0. The van der Waals surface area contributed by atoms with E-state index in [0.29, 0.717) is 0 Å². The Kier molecular flexibility index (Phi) is 5.00. The van der Waals surface area contributed by atoms with Crippen LogP contribution < -0.4 is 0 Å². The Morgan fingerprint density at radius 2 is 1.33 bits per heavy atom. The standard InChI is InChI=1S/C4H2Cl6F2/c5-1(2(6)11)3(7,8)4(9,10)12/h1-2H. The maximum Gasteiger partial charge on any atom is 0.291 e. The lowest BCUT2D eigenvalue weighted by molar-refractivity contribution is 0.312. The van der Waals surface area contributed by atoms with Crippen LogP contribution in [0.4, 0.5) is 8.78 Å². The highest BCUT2D eigenvalue weighted by Gasteiger charge is 2.55. The summed E-state index contributed by atoms with van der Waals surface area (Å²) in [7, 11) is 0. The smallest absolute Gasteiger partial charge is 0.228 e. The van der Waals surface area contributed by atoms with Gasteiger partial charge in [0.25, 0.3) is 4.59 Å². The van der Waals surface area contributed by atoms with Gasteiger partial charge in [-0.15, -0.1) is 11.6 Å². The molecule has 0 bridgehead atoms. The first kappa shape index (κ1) is 13.6. The third-order valence-corrected chi connectivity index (χ3v) is 4.07. The van der Waals surface area contributed by atoms with Gasteiger partial charge in [-0.05, 0) is 0 Å². The third kappa shape index (κ3) is 3.07.